The second-order valence-corrected chi connectivity index (χ2v) is 13.0. The Morgan fingerprint density at radius 2 is 2.00 bits per heavy atom. The van der Waals surface area contributed by atoms with Gasteiger partial charge >= 0.3 is 6.18 Å². The van der Waals surface area contributed by atoms with Gasteiger partial charge in [0.05, 0.1) is 34.7 Å². The van der Waals surface area contributed by atoms with Gasteiger partial charge in [-0.05, 0) is 56.4 Å². The number of hydrogen-bond acceptors (Lipinski definition) is 7. The highest BCUT2D eigenvalue weighted by molar-refractivity contribution is 5.92. The fraction of sp³-hybridized carbons (Fsp3) is 0.667. The first-order valence-electron chi connectivity index (χ1n) is 15.4. The van der Waals surface area contributed by atoms with Gasteiger partial charge < -0.3 is 15.4 Å². The Hall–Kier alpha value is -3.55. The summed E-state index contributed by atoms with van der Waals surface area (Å²) in [6.45, 7) is 5.66. The van der Waals surface area contributed by atoms with Crippen LogP contribution < -0.4 is 10.6 Å². The van der Waals surface area contributed by atoms with E-state index in [1.54, 1.807) is 26.2 Å². The number of carbonyl (C=O) groups excluding carboxylic acids is 2. The average molecular weight is 617 g/mol. The molecule has 4 atom stereocenters. The van der Waals surface area contributed by atoms with E-state index in [4.69, 9.17) is 19.8 Å². The van der Waals surface area contributed by atoms with Crippen molar-refractivity contribution >= 4 is 17.6 Å². The van der Waals surface area contributed by atoms with E-state index in [0.717, 1.165) is 25.0 Å². The predicted molar refractivity (Wildman–Crippen MR) is 152 cm³/mol. The summed E-state index contributed by atoms with van der Waals surface area (Å²) in [5, 5.41) is 14.9. The van der Waals surface area contributed by atoms with Crippen molar-refractivity contribution in [1.29, 1.82) is 0 Å². The Kier molecular flexibility index (Phi) is 8.14. The van der Waals surface area contributed by atoms with Crippen LogP contribution in [-0.2, 0) is 23.0 Å². The molecule has 0 spiro atoms. The molecule has 44 heavy (non-hydrogen) atoms. The number of aromatic nitrogens is 6. The van der Waals surface area contributed by atoms with Crippen LogP contribution in [0.3, 0.4) is 0 Å². The molecule has 2 saturated heterocycles. The zero-order chi connectivity index (χ0) is 31.2. The van der Waals surface area contributed by atoms with Crippen LogP contribution in [0.25, 0.3) is 5.78 Å². The Balaban J connectivity index is 1.37. The molecule has 3 aromatic heterocycles. The summed E-state index contributed by atoms with van der Waals surface area (Å²) < 4.78 is 50.4. The molecule has 3 fully saturated rings. The minimum atomic E-state index is -4.32. The minimum absolute atomic E-state index is 0.000296. The number of nitrogens with zero attached hydrogens (tertiary/aromatic N) is 6. The van der Waals surface area contributed by atoms with Crippen LogP contribution in [0.2, 0.25) is 0 Å². The Morgan fingerprint density at radius 3 is 2.66 bits per heavy atom. The quantitative estimate of drug-likeness (QED) is 0.373. The van der Waals surface area contributed by atoms with Crippen molar-refractivity contribution in [2.75, 3.05) is 19.8 Å². The third-order valence-corrected chi connectivity index (χ3v) is 9.56. The molecule has 0 radical (unpaired) electrons. The van der Waals surface area contributed by atoms with Crippen molar-refractivity contribution in [1.82, 2.24) is 40.0 Å². The number of piperidine rings is 1. The smallest absolute Gasteiger partial charge is 0.381 e. The molecule has 5 heterocycles. The van der Waals surface area contributed by atoms with Gasteiger partial charge in [-0.1, -0.05) is 13.8 Å². The van der Waals surface area contributed by atoms with Gasteiger partial charge in [-0.2, -0.15) is 23.4 Å². The Labute approximate surface area is 253 Å². The lowest BCUT2D eigenvalue weighted by atomic mass is 9.85. The number of rotatable bonds is 9. The van der Waals surface area contributed by atoms with Crippen molar-refractivity contribution in [3.8, 4) is 0 Å². The van der Waals surface area contributed by atoms with Gasteiger partial charge in [0.2, 0.25) is 5.91 Å². The number of halogens is 3. The summed E-state index contributed by atoms with van der Waals surface area (Å²) in [6, 6.07) is 0.720. The maximum absolute atomic E-state index is 14.0. The lowest BCUT2D eigenvalue weighted by Crippen LogP contribution is -2.41. The molecular weight excluding hydrogens is 577 g/mol. The van der Waals surface area contributed by atoms with E-state index in [2.05, 4.69) is 22.7 Å². The Morgan fingerprint density at radius 1 is 1.25 bits per heavy atom. The van der Waals surface area contributed by atoms with Crippen LogP contribution in [0.5, 0.6) is 0 Å². The predicted octanol–water partition coefficient (Wildman–Crippen LogP) is 3.91. The number of alkyl halides is 3. The molecule has 238 valence electrons. The number of fused-ring (bicyclic) bond motifs is 1. The third kappa shape index (κ3) is 6.04. The van der Waals surface area contributed by atoms with Gasteiger partial charge in [0.15, 0.2) is 0 Å². The largest absolute Gasteiger partial charge is 0.394 e. The Bertz CT molecular complexity index is 1530. The fourth-order valence-corrected chi connectivity index (χ4v) is 6.79. The number of ether oxygens (including phenoxy) is 1. The van der Waals surface area contributed by atoms with Crippen molar-refractivity contribution in [3.63, 3.8) is 0 Å². The summed E-state index contributed by atoms with van der Waals surface area (Å²) >= 11 is 0. The molecule has 1 aliphatic carbocycles. The lowest BCUT2D eigenvalue weighted by molar-refractivity contribution is -0.192. The van der Waals surface area contributed by atoms with Gasteiger partial charge in [-0.25, -0.2) is 14.5 Å². The van der Waals surface area contributed by atoms with E-state index in [9.17, 15) is 22.8 Å². The number of nitrogens with one attached hydrogen (secondary N) is 2. The molecule has 2 aliphatic heterocycles. The zero-order valence-electron chi connectivity index (χ0n) is 25.2. The van der Waals surface area contributed by atoms with Crippen molar-refractivity contribution in [2.24, 2.45) is 30.2 Å². The van der Waals surface area contributed by atoms with Crippen molar-refractivity contribution in [3.05, 3.63) is 41.2 Å². The van der Waals surface area contributed by atoms with Crippen LogP contribution in [0, 0.1) is 23.2 Å². The zero-order valence-corrected chi connectivity index (χ0v) is 25.2. The van der Waals surface area contributed by atoms with Crippen LogP contribution in [0.1, 0.15) is 91.9 Å². The molecule has 0 bridgehead atoms. The second kappa shape index (κ2) is 11.8. The SMILES string of the molecule is C[C@@H]1CNC(=O)[C@@H](Cc2nn3cc([C@@H](NC(=O)c4ccnn4C)[C@H](C)CC4(C(F)(F)F)CC4)nc3nc2C2CCOCC2)C1. The minimum Gasteiger partial charge on any atom is -0.381 e. The lowest BCUT2D eigenvalue weighted by Gasteiger charge is -2.28. The number of hydrogen-bond donors (Lipinski definition) is 2. The molecule has 3 aliphatic rings. The molecule has 11 nitrogen and oxygen atoms in total. The number of amides is 2. The standard InChI is InChI=1S/C30H39F3N8O3/c1-17-12-20(26(42)34-15-17)13-21-25(19-5-10-44-11-6-19)38-28-36-22(16-41(28)39-21)24(37-27(43)23-4-9-35-40(23)3)18(2)14-29(7-8-29)30(31,32)33/h4,9,16-20,24H,5-8,10-15H2,1-3H3,(H,34,42)(H,37,43)/t17-,18+,20+,24-/m0/s1. The van der Waals surface area contributed by atoms with Gasteiger partial charge in [0.1, 0.15) is 5.69 Å². The molecule has 0 unspecified atom stereocenters. The first-order valence-corrected chi connectivity index (χ1v) is 15.4. The van der Waals surface area contributed by atoms with Gasteiger partial charge in [0.25, 0.3) is 11.7 Å². The third-order valence-electron chi connectivity index (χ3n) is 9.56. The van der Waals surface area contributed by atoms with Crippen LogP contribution in [0.4, 0.5) is 13.2 Å². The van der Waals surface area contributed by atoms with E-state index < -0.39 is 29.5 Å². The summed E-state index contributed by atoms with van der Waals surface area (Å²) in [5.74, 6) is -0.565. The van der Waals surface area contributed by atoms with Gasteiger partial charge in [0, 0.05) is 51.3 Å². The van der Waals surface area contributed by atoms with Crippen LogP contribution in [0.15, 0.2) is 18.5 Å². The molecule has 3 aromatic rings. The van der Waals surface area contributed by atoms with E-state index >= 15 is 0 Å². The fourth-order valence-electron chi connectivity index (χ4n) is 6.79. The van der Waals surface area contributed by atoms with Crippen LogP contribution in [-0.4, -0.2) is 67.1 Å². The molecule has 1 saturated carbocycles. The summed E-state index contributed by atoms with van der Waals surface area (Å²) in [4.78, 5) is 35.7. The topological polar surface area (TPSA) is 128 Å². The van der Waals surface area contributed by atoms with E-state index in [1.807, 2.05) is 0 Å². The molecule has 2 amide bonds. The second-order valence-electron chi connectivity index (χ2n) is 13.0. The molecule has 14 heteroatoms. The summed E-state index contributed by atoms with van der Waals surface area (Å²) in [7, 11) is 1.63. The number of carbonyl (C=O) groups is 2. The highest BCUT2D eigenvalue weighted by atomic mass is 19.4. The summed E-state index contributed by atoms with van der Waals surface area (Å²) in [6.07, 6.45) is 1.50. The van der Waals surface area contributed by atoms with E-state index in [1.165, 1.54) is 15.4 Å². The highest BCUT2D eigenvalue weighted by Crippen LogP contribution is 2.61. The normalized spacial score (nSPS) is 23.7. The highest BCUT2D eigenvalue weighted by Gasteiger charge is 2.63. The number of aryl methyl sites for hydroxylation is 1. The van der Waals surface area contributed by atoms with Gasteiger partial charge in [-0.3, -0.25) is 14.3 Å². The maximum atomic E-state index is 14.0. The van der Waals surface area contributed by atoms with E-state index in [-0.39, 0.29) is 42.7 Å². The molecule has 2 N–H and O–H groups in total. The first kappa shape index (κ1) is 30.5. The summed E-state index contributed by atoms with van der Waals surface area (Å²) in [5.41, 5.74) is 0.397. The van der Waals surface area contributed by atoms with E-state index in [0.29, 0.717) is 49.3 Å². The van der Waals surface area contributed by atoms with Crippen molar-refractivity contribution < 1.29 is 27.5 Å². The average Bonchev–Trinajstić information content (AvgIpc) is 3.47. The molecule has 6 rings (SSSR count). The monoisotopic (exact) mass is 616 g/mol. The molecule has 0 aromatic carbocycles. The molecular formula is C30H39F3N8O3. The maximum Gasteiger partial charge on any atom is 0.394 e. The van der Waals surface area contributed by atoms with Crippen molar-refractivity contribution in [2.45, 2.75) is 76.9 Å². The number of imidazole rings is 1. The van der Waals surface area contributed by atoms with Crippen LogP contribution >= 0.6 is 0 Å². The first-order chi connectivity index (χ1) is 20.9. The van der Waals surface area contributed by atoms with Gasteiger partial charge in [-0.15, -0.1) is 0 Å².